The van der Waals surface area contributed by atoms with E-state index >= 15 is 0 Å². The molecule has 9 heteroatoms. The van der Waals surface area contributed by atoms with Crippen LogP contribution in [-0.2, 0) is 14.9 Å². The fourth-order valence-corrected chi connectivity index (χ4v) is 3.67. The number of halogens is 2. The fraction of sp³-hybridized carbons (Fsp3) is 0.346. The number of hydrogen-bond acceptors (Lipinski definition) is 4. The molecule has 35 heavy (non-hydrogen) atoms. The van der Waals surface area contributed by atoms with E-state index in [4.69, 9.17) is 16.3 Å². The van der Waals surface area contributed by atoms with Gasteiger partial charge < -0.3 is 15.0 Å². The molecule has 0 aliphatic heterocycles. The molecule has 1 heterocycles. The molecule has 2 aromatic carbocycles. The third kappa shape index (κ3) is 6.68. The lowest BCUT2D eigenvalue weighted by atomic mass is 9.92. The first-order valence-electron chi connectivity index (χ1n) is 11.3. The molecule has 3 aromatic rings. The van der Waals surface area contributed by atoms with E-state index in [2.05, 4.69) is 10.4 Å². The summed E-state index contributed by atoms with van der Waals surface area (Å²) in [6.45, 7) is 6.41. The number of carbonyl (C=O) groups is 2. The molecule has 0 fully saturated rings. The number of para-hydroxylation sites is 1. The van der Waals surface area contributed by atoms with Crippen molar-refractivity contribution in [2.24, 2.45) is 0 Å². The van der Waals surface area contributed by atoms with Crippen molar-refractivity contribution in [3.63, 3.8) is 0 Å². The number of nitrogens with one attached hydrogen (secondary N) is 1. The Kier molecular flexibility index (Phi) is 8.64. The Morgan fingerprint density at radius 2 is 1.83 bits per heavy atom. The van der Waals surface area contributed by atoms with Gasteiger partial charge in [-0.25, -0.2) is 9.07 Å². The summed E-state index contributed by atoms with van der Waals surface area (Å²) >= 11 is 6.40. The highest BCUT2D eigenvalue weighted by Gasteiger charge is 2.25. The Hall–Kier alpha value is -3.23. The van der Waals surface area contributed by atoms with Gasteiger partial charge in [0.25, 0.3) is 5.91 Å². The van der Waals surface area contributed by atoms with Crippen LogP contribution in [0.1, 0.15) is 43.2 Å². The smallest absolute Gasteiger partial charge is 0.257 e. The highest BCUT2D eigenvalue weighted by molar-refractivity contribution is 6.32. The maximum Gasteiger partial charge on any atom is 0.257 e. The quantitative estimate of drug-likeness (QED) is 0.416. The van der Waals surface area contributed by atoms with Gasteiger partial charge in [-0.2, -0.15) is 5.10 Å². The fourth-order valence-electron chi connectivity index (χ4n) is 3.46. The molecule has 3 rings (SSSR count). The molecule has 0 saturated heterocycles. The van der Waals surface area contributed by atoms with Gasteiger partial charge >= 0.3 is 0 Å². The molecule has 0 aliphatic carbocycles. The number of benzene rings is 2. The average Bonchev–Trinajstić information content (AvgIpc) is 3.22. The summed E-state index contributed by atoms with van der Waals surface area (Å²) in [7, 11) is 1.55. The standard InChI is InChI=1S/C26H30ClFN4O3/c1-26(2,3)22-16-23(32(30-22)21-13-8-6-11-19(21)27)29-24(33)17-31(14-9-15-35-4)25(34)18-10-5-7-12-20(18)28/h5-8,10-13,16H,9,14-15,17H2,1-4H3,(H,29,33). The van der Waals surface area contributed by atoms with Crippen molar-refractivity contribution in [1.82, 2.24) is 14.7 Å². The van der Waals surface area contributed by atoms with Crippen LogP contribution >= 0.6 is 11.6 Å². The predicted molar refractivity (Wildman–Crippen MR) is 135 cm³/mol. The van der Waals surface area contributed by atoms with Gasteiger partial charge in [0, 0.05) is 31.7 Å². The van der Waals surface area contributed by atoms with Crippen molar-refractivity contribution < 1.29 is 18.7 Å². The van der Waals surface area contributed by atoms with Crippen molar-refractivity contribution >= 4 is 29.2 Å². The van der Waals surface area contributed by atoms with Crippen LogP contribution in [0.3, 0.4) is 0 Å². The first kappa shape index (κ1) is 26.4. The Morgan fingerprint density at radius 1 is 1.14 bits per heavy atom. The van der Waals surface area contributed by atoms with Gasteiger partial charge in [-0.1, -0.05) is 56.6 Å². The highest BCUT2D eigenvalue weighted by atomic mass is 35.5. The molecular weight excluding hydrogens is 471 g/mol. The van der Waals surface area contributed by atoms with E-state index in [1.54, 1.807) is 36.1 Å². The first-order valence-corrected chi connectivity index (χ1v) is 11.7. The number of carbonyl (C=O) groups excluding carboxylic acids is 2. The molecule has 0 spiro atoms. The molecule has 1 aromatic heterocycles. The number of anilines is 1. The molecule has 0 radical (unpaired) electrons. The molecule has 0 bridgehead atoms. The number of rotatable bonds is 9. The van der Waals surface area contributed by atoms with Crippen LogP contribution in [0.15, 0.2) is 54.6 Å². The van der Waals surface area contributed by atoms with E-state index in [-0.39, 0.29) is 24.1 Å². The molecular formula is C26H30ClFN4O3. The van der Waals surface area contributed by atoms with Gasteiger partial charge in [0.1, 0.15) is 18.2 Å². The summed E-state index contributed by atoms with van der Waals surface area (Å²) < 4.78 is 20.9. The number of aromatic nitrogens is 2. The number of amides is 2. The minimum absolute atomic E-state index is 0.0890. The maximum absolute atomic E-state index is 14.3. The van der Waals surface area contributed by atoms with Crippen LogP contribution in [-0.4, -0.2) is 53.3 Å². The monoisotopic (exact) mass is 500 g/mol. The van der Waals surface area contributed by atoms with Crippen LogP contribution in [0.4, 0.5) is 10.2 Å². The molecule has 7 nitrogen and oxygen atoms in total. The number of hydrogen-bond donors (Lipinski definition) is 1. The van der Waals surface area contributed by atoms with Crippen LogP contribution < -0.4 is 5.32 Å². The summed E-state index contributed by atoms with van der Waals surface area (Å²) in [5, 5.41) is 8.00. The molecule has 0 aliphatic rings. The van der Waals surface area contributed by atoms with Crippen molar-refractivity contribution in [3.05, 3.63) is 76.7 Å². The minimum atomic E-state index is -0.638. The zero-order valence-corrected chi connectivity index (χ0v) is 21.1. The van der Waals surface area contributed by atoms with Crippen molar-refractivity contribution in [1.29, 1.82) is 0 Å². The molecule has 0 atom stereocenters. The van der Waals surface area contributed by atoms with Gasteiger partial charge in [-0.3, -0.25) is 9.59 Å². The zero-order valence-electron chi connectivity index (χ0n) is 20.3. The van der Waals surface area contributed by atoms with Crippen molar-refractivity contribution in [2.45, 2.75) is 32.6 Å². The van der Waals surface area contributed by atoms with E-state index in [1.165, 1.54) is 23.1 Å². The molecule has 0 saturated carbocycles. The Morgan fingerprint density at radius 3 is 2.49 bits per heavy atom. The first-order chi connectivity index (χ1) is 16.6. The van der Waals surface area contributed by atoms with E-state index < -0.39 is 17.6 Å². The molecule has 0 unspecified atom stereocenters. The number of ether oxygens (including phenoxy) is 1. The van der Waals surface area contributed by atoms with Gasteiger partial charge in [-0.05, 0) is 30.7 Å². The molecule has 2 amide bonds. The van der Waals surface area contributed by atoms with E-state index in [9.17, 15) is 14.0 Å². The third-order valence-electron chi connectivity index (χ3n) is 5.33. The van der Waals surface area contributed by atoms with Gasteiger partial charge in [0.05, 0.1) is 22.0 Å². The summed E-state index contributed by atoms with van der Waals surface area (Å²) in [6, 6.07) is 14.7. The second-order valence-corrected chi connectivity index (χ2v) is 9.54. The third-order valence-corrected chi connectivity index (χ3v) is 5.65. The average molecular weight is 501 g/mol. The Bertz CT molecular complexity index is 1190. The summed E-state index contributed by atoms with van der Waals surface area (Å²) in [4.78, 5) is 27.5. The zero-order chi connectivity index (χ0) is 25.6. The number of methoxy groups -OCH3 is 1. The minimum Gasteiger partial charge on any atom is -0.385 e. The lowest BCUT2D eigenvalue weighted by Crippen LogP contribution is -2.39. The van der Waals surface area contributed by atoms with Gasteiger partial charge in [0.15, 0.2) is 0 Å². The molecule has 1 N–H and O–H groups in total. The second-order valence-electron chi connectivity index (χ2n) is 9.13. The van der Waals surface area contributed by atoms with E-state index in [1.807, 2.05) is 32.9 Å². The van der Waals surface area contributed by atoms with Crippen LogP contribution in [0.5, 0.6) is 0 Å². The Balaban J connectivity index is 1.87. The van der Waals surface area contributed by atoms with Gasteiger partial charge in [-0.15, -0.1) is 0 Å². The SMILES string of the molecule is COCCCN(CC(=O)Nc1cc(C(C)(C)C)nn1-c1ccccc1Cl)C(=O)c1ccccc1F. The largest absolute Gasteiger partial charge is 0.385 e. The van der Waals surface area contributed by atoms with E-state index in [0.29, 0.717) is 29.6 Å². The highest BCUT2D eigenvalue weighted by Crippen LogP contribution is 2.29. The molecule has 186 valence electrons. The Labute approximate surface area is 209 Å². The van der Waals surface area contributed by atoms with Crippen LogP contribution in [0.2, 0.25) is 5.02 Å². The van der Waals surface area contributed by atoms with Crippen LogP contribution in [0, 0.1) is 5.82 Å². The lowest BCUT2D eigenvalue weighted by molar-refractivity contribution is -0.117. The summed E-state index contributed by atoms with van der Waals surface area (Å²) in [5.74, 6) is -1.23. The maximum atomic E-state index is 14.3. The second kappa shape index (κ2) is 11.5. The van der Waals surface area contributed by atoms with E-state index in [0.717, 1.165) is 5.69 Å². The summed E-state index contributed by atoms with van der Waals surface area (Å²) in [6.07, 6.45) is 0.496. The van der Waals surface area contributed by atoms with Crippen LogP contribution in [0.25, 0.3) is 5.69 Å². The van der Waals surface area contributed by atoms with Crippen molar-refractivity contribution in [2.75, 3.05) is 32.1 Å². The van der Waals surface area contributed by atoms with Gasteiger partial charge in [0.2, 0.25) is 5.91 Å². The predicted octanol–water partition coefficient (Wildman–Crippen LogP) is 5.08. The number of nitrogens with zero attached hydrogens (tertiary/aromatic N) is 3. The normalized spacial score (nSPS) is 11.4. The topological polar surface area (TPSA) is 76.5 Å². The van der Waals surface area contributed by atoms with Crippen molar-refractivity contribution in [3.8, 4) is 5.69 Å². The lowest BCUT2D eigenvalue weighted by Gasteiger charge is -2.22. The summed E-state index contributed by atoms with van der Waals surface area (Å²) in [5.41, 5.74) is 0.999.